The summed E-state index contributed by atoms with van der Waals surface area (Å²) in [5.74, 6) is -0.0844. The molecule has 1 aliphatic carbocycles. The van der Waals surface area contributed by atoms with Crippen LogP contribution in [0.3, 0.4) is 0 Å². The Balaban J connectivity index is 1.58. The number of hydrogen-bond acceptors (Lipinski definition) is 4. The van der Waals surface area contributed by atoms with Gasteiger partial charge in [0.25, 0.3) is 0 Å². The van der Waals surface area contributed by atoms with Gasteiger partial charge in [0.15, 0.2) is 0 Å². The molecule has 7 heteroatoms. The predicted octanol–water partition coefficient (Wildman–Crippen LogP) is 2.86. The first-order chi connectivity index (χ1) is 15.9. The minimum atomic E-state index is -0.650. The second-order valence-corrected chi connectivity index (χ2v) is 11.4. The van der Waals surface area contributed by atoms with E-state index in [1.54, 1.807) is 14.1 Å². The van der Waals surface area contributed by atoms with Gasteiger partial charge < -0.3 is 15.1 Å². The van der Waals surface area contributed by atoms with Crippen LogP contribution in [0.1, 0.15) is 57.9 Å². The van der Waals surface area contributed by atoms with Crippen molar-refractivity contribution in [3.63, 3.8) is 0 Å². The average molecular weight is 471 g/mol. The van der Waals surface area contributed by atoms with Crippen molar-refractivity contribution in [1.82, 2.24) is 20.0 Å². The van der Waals surface area contributed by atoms with Crippen molar-refractivity contribution in [3.05, 3.63) is 35.9 Å². The molecule has 2 fully saturated rings. The Morgan fingerprint density at radius 3 is 2.21 bits per heavy atom. The first-order valence-corrected chi connectivity index (χ1v) is 12.4. The second kappa shape index (κ2) is 10.1. The van der Waals surface area contributed by atoms with Gasteiger partial charge >= 0.3 is 0 Å². The second-order valence-electron chi connectivity index (χ2n) is 11.4. The molecule has 0 aromatic heterocycles. The third-order valence-electron chi connectivity index (χ3n) is 8.23. The van der Waals surface area contributed by atoms with Gasteiger partial charge in [-0.05, 0) is 57.2 Å². The molecule has 3 amide bonds. The summed E-state index contributed by atoms with van der Waals surface area (Å²) in [5.41, 5.74) is 0.766. The van der Waals surface area contributed by atoms with E-state index in [1.807, 2.05) is 18.7 Å². The van der Waals surface area contributed by atoms with Crippen molar-refractivity contribution in [1.29, 1.82) is 0 Å². The Morgan fingerprint density at radius 1 is 1.03 bits per heavy atom. The summed E-state index contributed by atoms with van der Waals surface area (Å²) in [4.78, 5) is 43.2. The first-order valence-electron chi connectivity index (χ1n) is 12.4. The number of likely N-dealkylation sites (tertiary alicyclic amines) is 1. The van der Waals surface area contributed by atoms with Crippen LogP contribution in [0.25, 0.3) is 0 Å². The lowest BCUT2D eigenvalue weighted by Crippen LogP contribution is -2.47. The third kappa shape index (κ3) is 5.45. The molecule has 1 aliphatic heterocycles. The van der Waals surface area contributed by atoms with E-state index >= 15 is 0 Å². The van der Waals surface area contributed by atoms with Crippen LogP contribution in [0.5, 0.6) is 0 Å². The first kappa shape index (κ1) is 26.2. The SMILES string of the molecule is CN(C)C(=O)CNC(=O)C(C)(C)CCN1C[C@]2(CC[C@](c3ccccc3)(N(C)C)CC2)CC1=O. The van der Waals surface area contributed by atoms with E-state index in [2.05, 4.69) is 54.6 Å². The summed E-state index contributed by atoms with van der Waals surface area (Å²) in [6.07, 6.45) is 5.31. The zero-order valence-corrected chi connectivity index (χ0v) is 21.8. The van der Waals surface area contributed by atoms with Crippen LogP contribution in [0, 0.1) is 10.8 Å². The van der Waals surface area contributed by atoms with E-state index in [9.17, 15) is 14.4 Å². The minimum absolute atomic E-state index is 0.00391. The van der Waals surface area contributed by atoms with E-state index in [4.69, 9.17) is 0 Å². The molecule has 1 aromatic carbocycles. The molecule has 1 aromatic rings. The molecule has 1 N–H and O–H groups in total. The van der Waals surface area contributed by atoms with Gasteiger partial charge in [-0.2, -0.15) is 0 Å². The summed E-state index contributed by atoms with van der Waals surface area (Å²) in [6.45, 7) is 5.10. The highest BCUT2D eigenvalue weighted by Crippen LogP contribution is 2.52. The summed E-state index contributed by atoms with van der Waals surface area (Å²) in [6, 6.07) is 10.7. The predicted molar refractivity (Wildman–Crippen MR) is 134 cm³/mol. The standard InChI is InChI=1S/C27H42N4O3/c1-25(2,24(34)28-19-23(33)29(3)4)16-17-31-20-26(18-22(31)32)12-14-27(15-13-26,30(5)6)21-10-8-7-9-11-21/h7-11H,12-20H2,1-6H3,(H,28,34)/t26-,27-. The summed E-state index contributed by atoms with van der Waals surface area (Å²) in [7, 11) is 7.66. The van der Waals surface area contributed by atoms with Crippen molar-refractivity contribution in [3.8, 4) is 0 Å². The van der Waals surface area contributed by atoms with Gasteiger partial charge in [-0.3, -0.25) is 19.3 Å². The van der Waals surface area contributed by atoms with Crippen molar-refractivity contribution in [2.24, 2.45) is 10.8 Å². The van der Waals surface area contributed by atoms with Crippen LogP contribution in [-0.2, 0) is 19.9 Å². The number of nitrogens with zero attached hydrogens (tertiary/aromatic N) is 3. The third-order valence-corrected chi connectivity index (χ3v) is 8.23. The summed E-state index contributed by atoms with van der Waals surface area (Å²) in [5, 5.41) is 2.74. The van der Waals surface area contributed by atoms with Crippen LogP contribution in [0.4, 0.5) is 0 Å². The zero-order valence-electron chi connectivity index (χ0n) is 21.8. The molecule has 1 saturated heterocycles. The molecule has 0 unspecified atom stereocenters. The molecule has 0 atom stereocenters. The minimum Gasteiger partial charge on any atom is -0.347 e. The van der Waals surface area contributed by atoms with Gasteiger partial charge in [0, 0.05) is 44.6 Å². The van der Waals surface area contributed by atoms with Crippen LogP contribution >= 0.6 is 0 Å². The van der Waals surface area contributed by atoms with E-state index in [0.29, 0.717) is 19.4 Å². The van der Waals surface area contributed by atoms with Crippen molar-refractivity contribution in [2.45, 2.75) is 57.9 Å². The topological polar surface area (TPSA) is 73.0 Å². The number of carbonyl (C=O) groups is 3. The number of hydrogen-bond donors (Lipinski definition) is 1. The quantitative estimate of drug-likeness (QED) is 0.634. The zero-order chi connectivity index (χ0) is 25.1. The molecule has 1 heterocycles. The molecular formula is C27H42N4O3. The molecule has 0 bridgehead atoms. The largest absolute Gasteiger partial charge is 0.347 e. The number of likely N-dealkylation sites (N-methyl/N-ethyl adjacent to an activating group) is 1. The van der Waals surface area contributed by atoms with Crippen molar-refractivity contribution in [2.75, 3.05) is 47.8 Å². The molecule has 3 rings (SSSR count). The van der Waals surface area contributed by atoms with Crippen molar-refractivity contribution >= 4 is 17.7 Å². The Bertz CT molecular complexity index is 886. The Hall–Kier alpha value is -2.41. The molecular weight excluding hydrogens is 428 g/mol. The van der Waals surface area contributed by atoms with Gasteiger partial charge in [0.1, 0.15) is 0 Å². The van der Waals surface area contributed by atoms with Gasteiger partial charge in [-0.1, -0.05) is 44.2 Å². The molecule has 0 radical (unpaired) electrons. The fourth-order valence-corrected chi connectivity index (χ4v) is 5.54. The summed E-state index contributed by atoms with van der Waals surface area (Å²) >= 11 is 0. The molecule has 7 nitrogen and oxygen atoms in total. The maximum Gasteiger partial charge on any atom is 0.241 e. The molecule has 34 heavy (non-hydrogen) atoms. The Kier molecular flexibility index (Phi) is 7.75. The lowest BCUT2D eigenvalue weighted by atomic mass is 9.64. The normalized spacial score (nSPS) is 25.1. The number of amides is 3. The molecule has 2 aliphatic rings. The summed E-state index contributed by atoms with van der Waals surface area (Å²) < 4.78 is 0. The Labute approximate surface area is 204 Å². The average Bonchev–Trinajstić information content (AvgIpc) is 3.11. The lowest BCUT2D eigenvalue weighted by Gasteiger charge is -2.49. The number of benzene rings is 1. The van der Waals surface area contributed by atoms with E-state index in [1.165, 1.54) is 10.5 Å². The highest BCUT2D eigenvalue weighted by Gasteiger charge is 2.50. The van der Waals surface area contributed by atoms with E-state index < -0.39 is 5.41 Å². The monoisotopic (exact) mass is 470 g/mol. The molecule has 188 valence electrons. The van der Waals surface area contributed by atoms with Crippen molar-refractivity contribution < 1.29 is 14.4 Å². The maximum absolute atomic E-state index is 13.0. The van der Waals surface area contributed by atoms with Gasteiger partial charge in [-0.15, -0.1) is 0 Å². The van der Waals surface area contributed by atoms with E-state index in [0.717, 1.165) is 32.2 Å². The number of nitrogens with one attached hydrogen (secondary N) is 1. The van der Waals surface area contributed by atoms with Gasteiger partial charge in [-0.25, -0.2) is 0 Å². The Morgan fingerprint density at radius 2 is 1.65 bits per heavy atom. The van der Waals surface area contributed by atoms with Crippen LogP contribution < -0.4 is 5.32 Å². The fourth-order valence-electron chi connectivity index (χ4n) is 5.54. The highest BCUT2D eigenvalue weighted by atomic mass is 16.2. The van der Waals surface area contributed by atoms with Gasteiger partial charge in [0.2, 0.25) is 17.7 Å². The van der Waals surface area contributed by atoms with Crippen LogP contribution in [0.2, 0.25) is 0 Å². The molecule has 1 spiro atoms. The van der Waals surface area contributed by atoms with Crippen LogP contribution in [0.15, 0.2) is 30.3 Å². The molecule has 1 saturated carbocycles. The van der Waals surface area contributed by atoms with E-state index in [-0.39, 0.29) is 35.2 Å². The number of carbonyl (C=O) groups excluding carboxylic acids is 3. The number of rotatable bonds is 8. The fraction of sp³-hybridized carbons (Fsp3) is 0.667. The van der Waals surface area contributed by atoms with Gasteiger partial charge in [0.05, 0.1) is 6.54 Å². The smallest absolute Gasteiger partial charge is 0.241 e. The maximum atomic E-state index is 13.0. The lowest BCUT2D eigenvalue weighted by molar-refractivity contribution is -0.135. The highest BCUT2D eigenvalue weighted by molar-refractivity contribution is 5.87. The van der Waals surface area contributed by atoms with Crippen LogP contribution in [-0.4, -0.2) is 80.2 Å².